The van der Waals surface area contributed by atoms with E-state index in [1.165, 1.54) is 6.21 Å². The minimum absolute atomic E-state index is 0.604. The maximum Gasteiger partial charge on any atom is 0.407 e. The van der Waals surface area contributed by atoms with Gasteiger partial charge in [0.2, 0.25) is 0 Å². The largest absolute Gasteiger partial charge is 0.407 e. The summed E-state index contributed by atoms with van der Waals surface area (Å²) in [6, 6.07) is 0. The van der Waals surface area contributed by atoms with Crippen molar-refractivity contribution in [3.63, 3.8) is 0 Å². The molecule has 4 heteroatoms. The highest BCUT2D eigenvalue weighted by atomic mass is 19.3. The summed E-state index contributed by atoms with van der Waals surface area (Å²) < 4.78 is 22.0. The SMILES string of the molecule is CCC=NOC(F)F. The van der Waals surface area contributed by atoms with E-state index in [9.17, 15) is 8.78 Å². The van der Waals surface area contributed by atoms with Crippen LogP contribution in [0.4, 0.5) is 8.78 Å². The molecule has 0 saturated carbocycles. The van der Waals surface area contributed by atoms with Gasteiger partial charge in [0.25, 0.3) is 0 Å². The Balaban J connectivity index is 3.03. The second-order valence-electron chi connectivity index (χ2n) is 1.06. The van der Waals surface area contributed by atoms with Crippen LogP contribution in [-0.4, -0.2) is 12.8 Å². The first-order valence-electron chi connectivity index (χ1n) is 2.23. The molecule has 0 N–H and O–H groups in total. The zero-order chi connectivity index (χ0) is 6.41. The monoisotopic (exact) mass is 123 g/mol. The van der Waals surface area contributed by atoms with E-state index < -0.39 is 6.61 Å². The molecule has 0 rings (SSSR count). The predicted octanol–water partition coefficient (Wildman–Crippen LogP) is 1.62. The average molecular weight is 123 g/mol. The third-order valence-electron chi connectivity index (χ3n) is 0.398. The standard InChI is InChI=1S/C4H7F2NO/c1-2-3-7-8-4(5)6/h3-4H,2H2,1H3. The van der Waals surface area contributed by atoms with Gasteiger partial charge in [-0.1, -0.05) is 12.1 Å². The van der Waals surface area contributed by atoms with Crippen molar-refractivity contribution >= 4 is 6.21 Å². The van der Waals surface area contributed by atoms with Crippen molar-refractivity contribution in [2.75, 3.05) is 0 Å². The zero-order valence-electron chi connectivity index (χ0n) is 4.47. The fraction of sp³-hybridized carbons (Fsp3) is 0.750. The number of alkyl halides is 2. The lowest BCUT2D eigenvalue weighted by molar-refractivity contribution is -0.127. The molecule has 0 fully saturated rings. The quantitative estimate of drug-likeness (QED) is 0.412. The van der Waals surface area contributed by atoms with E-state index in [4.69, 9.17) is 0 Å². The van der Waals surface area contributed by atoms with Gasteiger partial charge in [-0.3, -0.25) is 0 Å². The third-order valence-corrected chi connectivity index (χ3v) is 0.398. The van der Waals surface area contributed by atoms with Crippen molar-refractivity contribution in [2.45, 2.75) is 20.0 Å². The molecule has 0 radical (unpaired) electrons. The van der Waals surface area contributed by atoms with Gasteiger partial charge in [-0.25, -0.2) is 0 Å². The van der Waals surface area contributed by atoms with Crippen LogP contribution in [0.5, 0.6) is 0 Å². The van der Waals surface area contributed by atoms with Crippen molar-refractivity contribution in [1.29, 1.82) is 0 Å². The Morgan fingerprint density at radius 3 is 2.75 bits per heavy atom. The summed E-state index contributed by atoms with van der Waals surface area (Å²) in [5.74, 6) is 0. The van der Waals surface area contributed by atoms with Crippen molar-refractivity contribution in [3.05, 3.63) is 0 Å². The zero-order valence-corrected chi connectivity index (χ0v) is 4.47. The lowest BCUT2D eigenvalue weighted by Crippen LogP contribution is -1.90. The molecule has 0 heterocycles. The van der Waals surface area contributed by atoms with Gasteiger partial charge in [0.05, 0.1) is 0 Å². The number of halogens is 2. The Kier molecular flexibility index (Phi) is 4.11. The van der Waals surface area contributed by atoms with Crippen LogP contribution in [0.3, 0.4) is 0 Å². The van der Waals surface area contributed by atoms with Crippen LogP contribution in [0.1, 0.15) is 13.3 Å². The summed E-state index contributed by atoms with van der Waals surface area (Å²) in [5, 5.41) is 2.91. The summed E-state index contributed by atoms with van der Waals surface area (Å²) in [4.78, 5) is 3.52. The Hall–Kier alpha value is -0.670. The summed E-state index contributed by atoms with van der Waals surface area (Å²) in [6.45, 7) is -1.02. The van der Waals surface area contributed by atoms with Crippen molar-refractivity contribution in [3.8, 4) is 0 Å². The number of rotatable bonds is 3. The van der Waals surface area contributed by atoms with Crippen LogP contribution in [-0.2, 0) is 4.84 Å². The molecule has 0 aromatic heterocycles. The molecule has 0 aliphatic rings. The molecule has 0 aliphatic carbocycles. The summed E-state index contributed by atoms with van der Waals surface area (Å²) in [5.41, 5.74) is 0. The maximum atomic E-state index is 11.0. The van der Waals surface area contributed by atoms with Gasteiger partial charge in [0.15, 0.2) is 0 Å². The van der Waals surface area contributed by atoms with Crippen LogP contribution >= 0.6 is 0 Å². The van der Waals surface area contributed by atoms with E-state index in [0.717, 1.165) is 0 Å². The Morgan fingerprint density at radius 2 is 2.38 bits per heavy atom. The van der Waals surface area contributed by atoms with Gasteiger partial charge in [0.1, 0.15) is 0 Å². The van der Waals surface area contributed by atoms with E-state index in [1.807, 2.05) is 0 Å². The molecular weight excluding hydrogens is 116 g/mol. The molecule has 0 amide bonds. The Morgan fingerprint density at radius 1 is 1.75 bits per heavy atom. The smallest absolute Gasteiger partial charge is 0.326 e. The molecule has 0 atom stereocenters. The van der Waals surface area contributed by atoms with Crippen molar-refractivity contribution < 1.29 is 13.6 Å². The van der Waals surface area contributed by atoms with E-state index in [-0.39, 0.29) is 0 Å². The van der Waals surface area contributed by atoms with Gasteiger partial charge >= 0.3 is 6.61 Å². The first-order valence-corrected chi connectivity index (χ1v) is 2.23. The van der Waals surface area contributed by atoms with E-state index in [0.29, 0.717) is 6.42 Å². The minimum atomic E-state index is -2.79. The fourth-order valence-electron chi connectivity index (χ4n) is 0.164. The molecule has 0 aromatic carbocycles. The second-order valence-corrected chi connectivity index (χ2v) is 1.06. The van der Waals surface area contributed by atoms with Crippen LogP contribution in [0.2, 0.25) is 0 Å². The molecular formula is C4H7F2NO. The topological polar surface area (TPSA) is 21.6 Å². The van der Waals surface area contributed by atoms with Crippen LogP contribution in [0, 0.1) is 0 Å². The molecule has 2 nitrogen and oxygen atoms in total. The van der Waals surface area contributed by atoms with E-state index in [2.05, 4.69) is 9.99 Å². The second kappa shape index (κ2) is 4.49. The molecule has 0 aromatic rings. The third kappa shape index (κ3) is 5.33. The minimum Gasteiger partial charge on any atom is -0.326 e. The lowest BCUT2D eigenvalue weighted by Gasteiger charge is -1.90. The molecule has 48 valence electrons. The van der Waals surface area contributed by atoms with Crippen LogP contribution in [0.15, 0.2) is 5.16 Å². The summed E-state index contributed by atoms with van der Waals surface area (Å²) in [7, 11) is 0. The predicted molar refractivity (Wildman–Crippen MR) is 25.9 cm³/mol. The first kappa shape index (κ1) is 7.33. The molecule has 0 bridgehead atoms. The molecule has 0 spiro atoms. The molecule has 0 unspecified atom stereocenters. The average Bonchev–Trinajstić information content (AvgIpc) is 1.66. The van der Waals surface area contributed by atoms with Crippen LogP contribution < -0.4 is 0 Å². The highest BCUT2D eigenvalue weighted by molar-refractivity contribution is 5.55. The number of oxime groups is 1. The first-order chi connectivity index (χ1) is 3.77. The van der Waals surface area contributed by atoms with Gasteiger partial charge in [-0.05, 0) is 6.42 Å². The fourth-order valence-corrected chi connectivity index (χ4v) is 0.164. The number of hydrogen-bond acceptors (Lipinski definition) is 2. The molecule has 0 aliphatic heterocycles. The maximum absolute atomic E-state index is 11.0. The number of nitrogens with zero attached hydrogens (tertiary/aromatic N) is 1. The summed E-state index contributed by atoms with van der Waals surface area (Å²) >= 11 is 0. The Bertz CT molecular complexity index is 74.4. The molecule has 0 saturated heterocycles. The lowest BCUT2D eigenvalue weighted by atomic mass is 10.6. The van der Waals surface area contributed by atoms with Gasteiger partial charge < -0.3 is 4.84 Å². The summed E-state index contributed by atoms with van der Waals surface area (Å²) in [6.07, 6.45) is 1.87. The highest BCUT2D eigenvalue weighted by Gasteiger charge is 1.95. The van der Waals surface area contributed by atoms with E-state index in [1.54, 1.807) is 6.92 Å². The van der Waals surface area contributed by atoms with Crippen LogP contribution in [0.25, 0.3) is 0 Å². The van der Waals surface area contributed by atoms with Crippen molar-refractivity contribution in [2.24, 2.45) is 5.16 Å². The highest BCUT2D eigenvalue weighted by Crippen LogP contribution is 1.92. The van der Waals surface area contributed by atoms with Gasteiger partial charge in [-0.15, -0.1) is 0 Å². The number of hydrogen-bond donors (Lipinski definition) is 0. The Labute approximate surface area is 46.1 Å². The normalized spacial score (nSPS) is 11.0. The molecule has 8 heavy (non-hydrogen) atoms. The van der Waals surface area contributed by atoms with E-state index >= 15 is 0 Å². The van der Waals surface area contributed by atoms with Gasteiger partial charge in [-0.2, -0.15) is 8.78 Å². The van der Waals surface area contributed by atoms with Gasteiger partial charge in [0, 0.05) is 6.21 Å². The van der Waals surface area contributed by atoms with Crippen molar-refractivity contribution in [1.82, 2.24) is 0 Å².